The standard InChI is InChI=1S/C9H8BrFO2/c1-5(12)8-7(13-2)4-3-6(10)9(8)11/h3-4H,1-2H3. The predicted octanol–water partition coefficient (Wildman–Crippen LogP) is 2.80. The van der Waals surface area contributed by atoms with E-state index in [1.807, 2.05) is 0 Å². The van der Waals surface area contributed by atoms with Crippen LogP contribution in [0, 0.1) is 5.82 Å². The summed E-state index contributed by atoms with van der Waals surface area (Å²) < 4.78 is 18.5. The molecule has 1 aromatic carbocycles. The van der Waals surface area contributed by atoms with Gasteiger partial charge >= 0.3 is 0 Å². The average Bonchev–Trinajstić information content (AvgIpc) is 2.08. The molecule has 1 rings (SSSR count). The molecule has 0 N–H and O–H groups in total. The first-order valence-corrected chi connectivity index (χ1v) is 4.40. The lowest BCUT2D eigenvalue weighted by molar-refractivity contribution is 0.101. The van der Waals surface area contributed by atoms with Crippen molar-refractivity contribution >= 4 is 21.7 Å². The van der Waals surface area contributed by atoms with E-state index in [-0.39, 0.29) is 21.6 Å². The Bertz CT molecular complexity index is 350. The average molecular weight is 247 g/mol. The molecule has 0 saturated heterocycles. The zero-order chi connectivity index (χ0) is 10.0. The molecule has 70 valence electrons. The minimum Gasteiger partial charge on any atom is -0.496 e. The fourth-order valence-corrected chi connectivity index (χ4v) is 1.36. The Morgan fingerprint density at radius 3 is 2.62 bits per heavy atom. The first-order valence-electron chi connectivity index (χ1n) is 3.61. The molecule has 0 fully saturated rings. The van der Waals surface area contributed by atoms with E-state index in [2.05, 4.69) is 15.9 Å². The summed E-state index contributed by atoms with van der Waals surface area (Å²) in [6, 6.07) is 3.05. The number of hydrogen-bond donors (Lipinski definition) is 0. The normalized spacial score (nSPS) is 9.85. The number of Topliss-reactive ketones (excluding diaryl/α,β-unsaturated/α-hetero) is 1. The highest BCUT2D eigenvalue weighted by Crippen LogP contribution is 2.27. The molecular formula is C9H8BrFO2. The molecule has 0 spiro atoms. The number of benzene rings is 1. The molecular weight excluding hydrogens is 239 g/mol. The lowest BCUT2D eigenvalue weighted by Gasteiger charge is -2.07. The van der Waals surface area contributed by atoms with Crippen LogP contribution in [0.25, 0.3) is 0 Å². The zero-order valence-corrected chi connectivity index (χ0v) is 8.81. The number of rotatable bonds is 2. The van der Waals surface area contributed by atoms with Gasteiger partial charge in [-0.25, -0.2) is 4.39 Å². The molecule has 0 aliphatic heterocycles. The second-order valence-corrected chi connectivity index (χ2v) is 3.35. The van der Waals surface area contributed by atoms with Gasteiger partial charge in [0.2, 0.25) is 0 Å². The molecule has 1 aromatic rings. The van der Waals surface area contributed by atoms with Crippen molar-refractivity contribution in [2.45, 2.75) is 6.92 Å². The van der Waals surface area contributed by atoms with Crippen LogP contribution in [-0.4, -0.2) is 12.9 Å². The minimum absolute atomic E-state index is 0.0168. The summed E-state index contributed by atoms with van der Waals surface area (Å²) in [5, 5.41) is 0. The van der Waals surface area contributed by atoms with Crippen molar-refractivity contribution in [3.05, 3.63) is 28.0 Å². The third-order valence-electron chi connectivity index (χ3n) is 1.63. The number of hydrogen-bond acceptors (Lipinski definition) is 2. The van der Waals surface area contributed by atoms with Crippen molar-refractivity contribution in [1.82, 2.24) is 0 Å². The van der Waals surface area contributed by atoms with Gasteiger partial charge in [0.1, 0.15) is 5.75 Å². The molecule has 2 nitrogen and oxygen atoms in total. The summed E-state index contributed by atoms with van der Waals surface area (Å²) in [4.78, 5) is 11.1. The van der Waals surface area contributed by atoms with Gasteiger partial charge in [-0.3, -0.25) is 4.79 Å². The van der Waals surface area contributed by atoms with Crippen LogP contribution in [0.4, 0.5) is 4.39 Å². The number of carbonyl (C=O) groups excluding carboxylic acids is 1. The van der Waals surface area contributed by atoms with E-state index in [4.69, 9.17) is 4.74 Å². The number of methoxy groups -OCH3 is 1. The van der Waals surface area contributed by atoms with Crippen LogP contribution in [0.5, 0.6) is 5.75 Å². The second kappa shape index (κ2) is 3.87. The maximum absolute atomic E-state index is 13.4. The van der Waals surface area contributed by atoms with Gasteiger partial charge in [-0.15, -0.1) is 0 Å². The summed E-state index contributed by atoms with van der Waals surface area (Å²) in [5.41, 5.74) is -0.0168. The Kier molecular flexibility index (Phi) is 3.03. The summed E-state index contributed by atoms with van der Waals surface area (Å²) in [6.07, 6.45) is 0. The Morgan fingerprint density at radius 1 is 1.54 bits per heavy atom. The molecule has 0 amide bonds. The van der Waals surface area contributed by atoms with Crippen molar-refractivity contribution in [2.75, 3.05) is 7.11 Å². The maximum Gasteiger partial charge on any atom is 0.166 e. The maximum atomic E-state index is 13.4. The van der Waals surface area contributed by atoms with E-state index in [0.717, 1.165) is 0 Å². The van der Waals surface area contributed by atoms with Crippen LogP contribution >= 0.6 is 15.9 Å². The Balaban J connectivity index is 3.41. The van der Waals surface area contributed by atoms with Gasteiger partial charge in [0.05, 0.1) is 17.1 Å². The SMILES string of the molecule is COc1ccc(Br)c(F)c1C(C)=O. The van der Waals surface area contributed by atoms with Crippen LogP contribution in [0.15, 0.2) is 16.6 Å². The van der Waals surface area contributed by atoms with Crippen molar-refractivity contribution < 1.29 is 13.9 Å². The van der Waals surface area contributed by atoms with E-state index >= 15 is 0 Å². The topological polar surface area (TPSA) is 26.3 Å². The number of ether oxygens (including phenoxy) is 1. The molecule has 0 saturated carbocycles. The fourth-order valence-electron chi connectivity index (χ4n) is 1.03. The summed E-state index contributed by atoms with van der Waals surface area (Å²) in [7, 11) is 1.40. The lowest BCUT2D eigenvalue weighted by Crippen LogP contribution is -2.01. The monoisotopic (exact) mass is 246 g/mol. The van der Waals surface area contributed by atoms with Gasteiger partial charge < -0.3 is 4.74 Å². The summed E-state index contributed by atoms with van der Waals surface area (Å²) in [5.74, 6) is -0.671. The second-order valence-electron chi connectivity index (χ2n) is 2.49. The molecule has 13 heavy (non-hydrogen) atoms. The molecule has 0 bridgehead atoms. The van der Waals surface area contributed by atoms with E-state index in [9.17, 15) is 9.18 Å². The van der Waals surface area contributed by atoms with Crippen LogP contribution < -0.4 is 4.74 Å². The zero-order valence-electron chi connectivity index (χ0n) is 7.23. The number of ketones is 1. The third kappa shape index (κ3) is 1.88. The van der Waals surface area contributed by atoms with Gasteiger partial charge in [-0.2, -0.15) is 0 Å². The quantitative estimate of drug-likeness (QED) is 0.751. The predicted molar refractivity (Wildman–Crippen MR) is 50.7 cm³/mol. The third-order valence-corrected chi connectivity index (χ3v) is 2.24. The first-order chi connectivity index (χ1) is 6.07. The molecule has 0 atom stereocenters. The van der Waals surface area contributed by atoms with Gasteiger partial charge in [-0.05, 0) is 35.0 Å². The largest absolute Gasteiger partial charge is 0.496 e. The molecule has 0 aromatic heterocycles. The fraction of sp³-hybridized carbons (Fsp3) is 0.222. The highest BCUT2D eigenvalue weighted by atomic mass is 79.9. The van der Waals surface area contributed by atoms with Crippen LogP contribution in [0.3, 0.4) is 0 Å². The Labute approximate surface area is 83.8 Å². The van der Waals surface area contributed by atoms with Gasteiger partial charge in [0.15, 0.2) is 11.6 Å². The Morgan fingerprint density at radius 2 is 2.15 bits per heavy atom. The van der Waals surface area contributed by atoms with E-state index < -0.39 is 5.82 Å². The number of carbonyl (C=O) groups is 1. The van der Waals surface area contributed by atoms with Crippen molar-refractivity contribution in [2.24, 2.45) is 0 Å². The van der Waals surface area contributed by atoms with Crippen LogP contribution in [-0.2, 0) is 0 Å². The molecule has 0 unspecified atom stereocenters. The molecule has 0 heterocycles. The first kappa shape index (κ1) is 10.2. The highest BCUT2D eigenvalue weighted by Gasteiger charge is 2.16. The van der Waals surface area contributed by atoms with E-state index in [1.54, 1.807) is 6.07 Å². The van der Waals surface area contributed by atoms with Crippen molar-refractivity contribution in [1.29, 1.82) is 0 Å². The van der Waals surface area contributed by atoms with E-state index in [1.165, 1.54) is 20.1 Å². The molecule has 0 aliphatic carbocycles. The molecule has 4 heteroatoms. The minimum atomic E-state index is -0.577. The van der Waals surface area contributed by atoms with Crippen LogP contribution in [0.2, 0.25) is 0 Å². The van der Waals surface area contributed by atoms with E-state index in [0.29, 0.717) is 0 Å². The molecule has 0 radical (unpaired) electrons. The lowest BCUT2D eigenvalue weighted by atomic mass is 10.1. The molecule has 0 aliphatic rings. The van der Waals surface area contributed by atoms with Gasteiger partial charge in [0.25, 0.3) is 0 Å². The van der Waals surface area contributed by atoms with Crippen molar-refractivity contribution in [3.8, 4) is 5.75 Å². The summed E-state index contributed by atoms with van der Waals surface area (Å²) >= 11 is 2.99. The number of halogens is 2. The van der Waals surface area contributed by atoms with Crippen LogP contribution in [0.1, 0.15) is 17.3 Å². The highest BCUT2D eigenvalue weighted by molar-refractivity contribution is 9.10. The van der Waals surface area contributed by atoms with Crippen molar-refractivity contribution in [3.63, 3.8) is 0 Å². The summed E-state index contributed by atoms with van der Waals surface area (Å²) in [6.45, 7) is 1.30. The van der Waals surface area contributed by atoms with Gasteiger partial charge in [-0.1, -0.05) is 0 Å². The van der Waals surface area contributed by atoms with Gasteiger partial charge in [0, 0.05) is 0 Å². The Hall–Kier alpha value is -0.900. The smallest absolute Gasteiger partial charge is 0.166 e.